The van der Waals surface area contributed by atoms with Crippen molar-refractivity contribution in [2.45, 2.75) is 38.6 Å². The Hall–Kier alpha value is -1.89. The number of ether oxygens (including phenoxy) is 1. The van der Waals surface area contributed by atoms with Gasteiger partial charge in [-0.3, -0.25) is 14.3 Å². The van der Waals surface area contributed by atoms with E-state index in [1.54, 1.807) is 6.20 Å². The first-order valence-corrected chi connectivity index (χ1v) is 7.21. The molecular weight excluding hydrogens is 274 g/mol. The summed E-state index contributed by atoms with van der Waals surface area (Å²) in [6.07, 6.45) is 3.87. The summed E-state index contributed by atoms with van der Waals surface area (Å²) in [5, 5.41) is 15.6. The van der Waals surface area contributed by atoms with Gasteiger partial charge in [0.15, 0.2) is 0 Å². The summed E-state index contributed by atoms with van der Waals surface area (Å²) in [4.78, 5) is 22.5. The number of nitrogens with zero attached hydrogens (tertiary/aromatic N) is 2. The van der Waals surface area contributed by atoms with Gasteiger partial charge in [-0.1, -0.05) is 0 Å². The van der Waals surface area contributed by atoms with Gasteiger partial charge < -0.3 is 15.2 Å². The van der Waals surface area contributed by atoms with Gasteiger partial charge in [-0.15, -0.1) is 0 Å². The summed E-state index contributed by atoms with van der Waals surface area (Å²) in [5.74, 6) is -1.05. The third-order valence-electron chi connectivity index (χ3n) is 3.68. The highest BCUT2D eigenvalue weighted by atomic mass is 16.5. The molecule has 1 aromatic heterocycles. The molecule has 1 aliphatic rings. The lowest BCUT2D eigenvalue weighted by Crippen LogP contribution is -2.26. The molecule has 2 N–H and O–H groups in total. The van der Waals surface area contributed by atoms with E-state index in [9.17, 15) is 9.59 Å². The van der Waals surface area contributed by atoms with E-state index in [2.05, 4.69) is 10.4 Å². The number of rotatable bonds is 6. The first-order valence-electron chi connectivity index (χ1n) is 7.21. The third kappa shape index (κ3) is 4.04. The van der Waals surface area contributed by atoms with Gasteiger partial charge in [0.2, 0.25) is 0 Å². The predicted molar refractivity (Wildman–Crippen MR) is 75.3 cm³/mol. The number of hydrogen-bond acceptors (Lipinski definition) is 4. The third-order valence-corrected chi connectivity index (χ3v) is 3.68. The number of hydrogen-bond donors (Lipinski definition) is 2. The lowest BCUT2D eigenvalue weighted by atomic mass is 10.1. The maximum atomic E-state index is 12.1. The molecule has 1 aliphatic heterocycles. The molecule has 1 amide bonds. The van der Waals surface area contributed by atoms with Crippen LogP contribution in [0.5, 0.6) is 0 Å². The Morgan fingerprint density at radius 1 is 1.48 bits per heavy atom. The van der Waals surface area contributed by atoms with Crippen molar-refractivity contribution >= 4 is 11.9 Å². The normalized spacial score (nSPS) is 15.9. The van der Waals surface area contributed by atoms with Crippen LogP contribution < -0.4 is 5.32 Å². The molecule has 0 saturated carbocycles. The zero-order valence-corrected chi connectivity index (χ0v) is 12.2. The van der Waals surface area contributed by atoms with Crippen molar-refractivity contribution in [1.82, 2.24) is 15.1 Å². The fourth-order valence-electron chi connectivity index (χ4n) is 2.48. The Morgan fingerprint density at radius 3 is 2.86 bits per heavy atom. The predicted octanol–water partition coefficient (Wildman–Crippen LogP) is 1.14. The van der Waals surface area contributed by atoms with Crippen LogP contribution in [0.3, 0.4) is 0 Å². The zero-order valence-electron chi connectivity index (χ0n) is 12.2. The quantitative estimate of drug-likeness (QED) is 0.768. The van der Waals surface area contributed by atoms with Gasteiger partial charge >= 0.3 is 5.97 Å². The van der Waals surface area contributed by atoms with Crippen LogP contribution in [0, 0.1) is 6.92 Å². The van der Waals surface area contributed by atoms with E-state index in [0.29, 0.717) is 18.5 Å². The molecule has 7 nitrogen and oxygen atoms in total. The first-order chi connectivity index (χ1) is 10.1. The Kier molecular flexibility index (Phi) is 5.32. The molecule has 2 heterocycles. The van der Waals surface area contributed by atoms with Crippen LogP contribution in [0.1, 0.15) is 47.8 Å². The molecule has 1 aromatic rings. The first kappa shape index (κ1) is 15.5. The van der Waals surface area contributed by atoms with Crippen molar-refractivity contribution in [2.75, 3.05) is 19.8 Å². The second kappa shape index (κ2) is 7.21. The van der Waals surface area contributed by atoms with Crippen molar-refractivity contribution in [3.8, 4) is 0 Å². The van der Waals surface area contributed by atoms with Crippen molar-refractivity contribution in [3.63, 3.8) is 0 Å². The molecule has 0 unspecified atom stereocenters. The lowest BCUT2D eigenvalue weighted by Gasteiger charge is -2.23. The van der Waals surface area contributed by atoms with E-state index < -0.39 is 5.97 Å². The second-order valence-electron chi connectivity index (χ2n) is 5.18. The molecule has 0 radical (unpaired) electrons. The number of nitrogens with one attached hydrogen (secondary N) is 1. The van der Waals surface area contributed by atoms with Gasteiger partial charge in [-0.2, -0.15) is 5.10 Å². The highest BCUT2D eigenvalue weighted by molar-refractivity contribution is 5.95. The van der Waals surface area contributed by atoms with E-state index in [1.165, 1.54) is 0 Å². The summed E-state index contributed by atoms with van der Waals surface area (Å²) in [5.41, 5.74) is 1.40. The van der Waals surface area contributed by atoms with E-state index in [0.717, 1.165) is 31.7 Å². The minimum Gasteiger partial charge on any atom is -0.481 e. The number of carboxylic acid groups (broad SMARTS) is 1. The van der Waals surface area contributed by atoms with Gasteiger partial charge in [0.1, 0.15) is 0 Å². The van der Waals surface area contributed by atoms with Crippen LogP contribution in [-0.4, -0.2) is 46.5 Å². The Bertz CT molecular complexity index is 506. The number of aliphatic carboxylic acids is 1. The largest absolute Gasteiger partial charge is 0.481 e. The fourth-order valence-corrected chi connectivity index (χ4v) is 2.48. The van der Waals surface area contributed by atoms with Gasteiger partial charge in [-0.25, -0.2) is 0 Å². The van der Waals surface area contributed by atoms with Crippen molar-refractivity contribution in [2.24, 2.45) is 0 Å². The standard InChI is InChI=1S/C14H21N3O4/c1-10-12(14(20)15-6-2-3-13(18)19)9-16-17(10)11-4-7-21-8-5-11/h9,11H,2-8H2,1H3,(H,15,20)(H,18,19). The minimum atomic E-state index is -0.854. The van der Waals surface area contributed by atoms with Crippen LogP contribution in [0.15, 0.2) is 6.20 Å². The summed E-state index contributed by atoms with van der Waals surface area (Å²) in [6, 6.07) is 0.285. The van der Waals surface area contributed by atoms with Crippen molar-refractivity contribution < 1.29 is 19.4 Å². The van der Waals surface area contributed by atoms with E-state index in [4.69, 9.17) is 9.84 Å². The molecule has 1 fully saturated rings. The minimum absolute atomic E-state index is 0.0561. The smallest absolute Gasteiger partial charge is 0.303 e. The summed E-state index contributed by atoms with van der Waals surface area (Å²) < 4.78 is 7.23. The van der Waals surface area contributed by atoms with Crippen LogP contribution in [0.25, 0.3) is 0 Å². The molecule has 7 heteroatoms. The van der Waals surface area contributed by atoms with E-state index in [1.807, 2.05) is 11.6 Å². The van der Waals surface area contributed by atoms with Crippen molar-refractivity contribution in [1.29, 1.82) is 0 Å². The van der Waals surface area contributed by atoms with E-state index >= 15 is 0 Å². The molecule has 0 atom stereocenters. The van der Waals surface area contributed by atoms with Crippen LogP contribution >= 0.6 is 0 Å². The molecule has 1 saturated heterocycles. The Morgan fingerprint density at radius 2 is 2.19 bits per heavy atom. The average molecular weight is 295 g/mol. The van der Waals surface area contributed by atoms with Crippen LogP contribution in [0.2, 0.25) is 0 Å². The summed E-state index contributed by atoms with van der Waals surface area (Å²) in [6.45, 7) is 3.68. The zero-order chi connectivity index (χ0) is 15.2. The molecule has 0 bridgehead atoms. The van der Waals surface area contributed by atoms with Crippen LogP contribution in [-0.2, 0) is 9.53 Å². The average Bonchev–Trinajstić information content (AvgIpc) is 2.86. The monoisotopic (exact) mass is 295 g/mol. The van der Waals surface area contributed by atoms with E-state index in [-0.39, 0.29) is 18.4 Å². The van der Waals surface area contributed by atoms with Gasteiger partial charge in [0, 0.05) is 31.9 Å². The molecule has 0 aliphatic carbocycles. The number of carboxylic acids is 1. The summed E-state index contributed by atoms with van der Waals surface area (Å²) >= 11 is 0. The Labute approximate surface area is 123 Å². The lowest BCUT2D eigenvalue weighted by molar-refractivity contribution is -0.137. The number of amides is 1. The number of carbonyl (C=O) groups is 2. The van der Waals surface area contributed by atoms with Gasteiger partial charge in [0.25, 0.3) is 5.91 Å². The van der Waals surface area contributed by atoms with Crippen molar-refractivity contribution in [3.05, 3.63) is 17.5 Å². The number of carbonyl (C=O) groups excluding carboxylic acids is 1. The molecule has 0 aromatic carbocycles. The SMILES string of the molecule is Cc1c(C(=O)NCCCC(=O)O)cnn1C1CCOCC1. The van der Waals surface area contributed by atoms with Gasteiger partial charge in [-0.05, 0) is 26.2 Å². The highest BCUT2D eigenvalue weighted by Gasteiger charge is 2.21. The maximum absolute atomic E-state index is 12.1. The van der Waals surface area contributed by atoms with Gasteiger partial charge in [0.05, 0.1) is 17.8 Å². The fraction of sp³-hybridized carbons (Fsp3) is 0.643. The topological polar surface area (TPSA) is 93.5 Å². The van der Waals surface area contributed by atoms with Crippen LogP contribution in [0.4, 0.5) is 0 Å². The highest BCUT2D eigenvalue weighted by Crippen LogP contribution is 2.23. The number of aromatic nitrogens is 2. The maximum Gasteiger partial charge on any atom is 0.303 e. The summed E-state index contributed by atoms with van der Waals surface area (Å²) in [7, 11) is 0. The molecule has 2 rings (SSSR count). The molecule has 116 valence electrons. The molecule has 0 spiro atoms. The molecule has 21 heavy (non-hydrogen) atoms. The second-order valence-corrected chi connectivity index (χ2v) is 5.18. The Balaban J connectivity index is 1.92. The molecular formula is C14H21N3O4.